The fraction of sp³-hybridized carbons (Fsp3) is 1.00. The SMILES string of the molecule is CCCCOCCC1(CBr)CCOC1C1CC1. The predicted molar refractivity (Wildman–Crippen MR) is 73.7 cm³/mol. The van der Waals surface area contributed by atoms with E-state index in [1.165, 1.54) is 32.1 Å². The van der Waals surface area contributed by atoms with Crippen LogP contribution in [0.5, 0.6) is 0 Å². The number of ether oxygens (including phenoxy) is 2. The highest BCUT2D eigenvalue weighted by molar-refractivity contribution is 9.09. The molecule has 2 fully saturated rings. The van der Waals surface area contributed by atoms with Crippen LogP contribution in [0.15, 0.2) is 0 Å². The molecular weight excluding hydrogens is 280 g/mol. The van der Waals surface area contributed by atoms with Crippen LogP contribution in [0.1, 0.15) is 45.4 Å². The van der Waals surface area contributed by atoms with Crippen molar-refractivity contribution in [2.45, 2.75) is 51.6 Å². The van der Waals surface area contributed by atoms with E-state index in [0.29, 0.717) is 11.5 Å². The van der Waals surface area contributed by atoms with Gasteiger partial charge in [0.2, 0.25) is 0 Å². The molecule has 1 saturated heterocycles. The van der Waals surface area contributed by atoms with E-state index in [1.54, 1.807) is 0 Å². The lowest BCUT2D eigenvalue weighted by Gasteiger charge is -2.32. The van der Waals surface area contributed by atoms with Crippen LogP contribution < -0.4 is 0 Å². The molecule has 0 N–H and O–H groups in total. The lowest BCUT2D eigenvalue weighted by Crippen LogP contribution is -2.35. The fourth-order valence-corrected chi connectivity index (χ4v) is 3.72. The van der Waals surface area contributed by atoms with Crippen LogP contribution in [0, 0.1) is 11.3 Å². The number of hydrogen-bond acceptors (Lipinski definition) is 2. The molecule has 0 radical (unpaired) electrons. The molecule has 100 valence electrons. The summed E-state index contributed by atoms with van der Waals surface area (Å²) in [4.78, 5) is 0. The van der Waals surface area contributed by atoms with Crippen LogP contribution in [0.2, 0.25) is 0 Å². The maximum Gasteiger partial charge on any atom is 0.0669 e. The molecule has 0 spiro atoms. The van der Waals surface area contributed by atoms with Crippen LogP contribution in [-0.2, 0) is 9.47 Å². The fourth-order valence-electron chi connectivity index (χ4n) is 2.84. The van der Waals surface area contributed by atoms with E-state index < -0.39 is 0 Å². The largest absolute Gasteiger partial charge is 0.381 e. The van der Waals surface area contributed by atoms with Crippen molar-refractivity contribution < 1.29 is 9.47 Å². The van der Waals surface area contributed by atoms with Crippen molar-refractivity contribution in [3.63, 3.8) is 0 Å². The maximum absolute atomic E-state index is 5.98. The van der Waals surface area contributed by atoms with Gasteiger partial charge in [0, 0.05) is 30.6 Å². The third kappa shape index (κ3) is 3.45. The standard InChI is InChI=1S/C14H25BrO2/c1-2-3-8-16-9-6-14(11-15)7-10-17-13(14)12-4-5-12/h12-13H,2-11H2,1H3. The Labute approximate surface area is 114 Å². The van der Waals surface area contributed by atoms with Crippen LogP contribution in [0.3, 0.4) is 0 Å². The lowest BCUT2D eigenvalue weighted by atomic mass is 9.78. The molecule has 1 saturated carbocycles. The summed E-state index contributed by atoms with van der Waals surface area (Å²) in [6, 6.07) is 0. The van der Waals surface area contributed by atoms with Gasteiger partial charge in [-0.2, -0.15) is 0 Å². The van der Waals surface area contributed by atoms with Crippen molar-refractivity contribution in [3.8, 4) is 0 Å². The van der Waals surface area contributed by atoms with Gasteiger partial charge in [0.05, 0.1) is 6.10 Å². The summed E-state index contributed by atoms with van der Waals surface area (Å²) in [7, 11) is 0. The van der Waals surface area contributed by atoms with Gasteiger partial charge in [-0.05, 0) is 38.0 Å². The molecule has 2 unspecified atom stereocenters. The average Bonchev–Trinajstić information content (AvgIpc) is 3.10. The smallest absolute Gasteiger partial charge is 0.0669 e. The van der Waals surface area contributed by atoms with Crippen molar-refractivity contribution >= 4 is 15.9 Å². The van der Waals surface area contributed by atoms with Crippen LogP contribution in [-0.4, -0.2) is 31.3 Å². The highest BCUT2D eigenvalue weighted by atomic mass is 79.9. The topological polar surface area (TPSA) is 18.5 Å². The summed E-state index contributed by atoms with van der Waals surface area (Å²) in [5, 5.41) is 1.07. The second kappa shape index (κ2) is 6.53. The first-order chi connectivity index (χ1) is 8.32. The quantitative estimate of drug-likeness (QED) is 0.502. The molecule has 1 aliphatic heterocycles. The van der Waals surface area contributed by atoms with E-state index in [0.717, 1.165) is 37.5 Å². The molecule has 17 heavy (non-hydrogen) atoms. The number of hydrogen-bond donors (Lipinski definition) is 0. The van der Waals surface area contributed by atoms with Crippen molar-refractivity contribution in [2.75, 3.05) is 25.2 Å². The van der Waals surface area contributed by atoms with Crippen molar-refractivity contribution in [2.24, 2.45) is 11.3 Å². The van der Waals surface area contributed by atoms with E-state index >= 15 is 0 Å². The summed E-state index contributed by atoms with van der Waals surface area (Å²) in [5.74, 6) is 0.839. The second-order valence-electron chi connectivity index (χ2n) is 5.59. The Morgan fingerprint density at radius 3 is 2.82 bits per heavy atom. The lowest BCUT2D eigenvalue weighted by molar-refractivity contribution is 0.0195. The molecular formula is C14H25BrO2. The molecule has 1 heterocycles. The minimum Gasteiger partial charge on any atom is -0.381 e. The Morgan fingerprint density at radius 1 is 1.35 bits per heavy atom. The van der Waals surface area contributed by atoms with E-state index in [2.05, 4.69) is 22.9 Å². The summed E-state index contributed by atoms with van der Waals surface area (Å²) < 4.78 is 11.7. The molecule has 2 aliphatic rings. The van der Waals surface area contributed by atoms with Gasteiger partial charge in [-0.3, -0.25) is 0 Å². The van der Waals surface area contributed by atoms with E-state index in [9.17, 15) is 0 Å². The zero-order valence-electron chi connectivity index (χ0n) is 10.9. The Kier molecular flexibility index (Phi) is 5.31. The predicted octanol–water partition coefficient (Wildman–Crippen LogP) is 3.77. The number of halogens is 1. The molecule has 0 aromatic rings. The summed E-state index contributed by atoms with van der Waals surface area (Å²) in [6.07, 6.45) is 8.00. The molecule has 2 rings (SSSR count). The highest BCUT2D eigenvalue weighted by Crippen LogP contribution is 2.50. The normalized spacial score (nSPS) is 33.2. The zero-order valence-corrected chi connectivity index (χ0v) is 12.5. The Morgan fingerprint density at radius 2 is 2.18 bits per heavy atom. The third-order valence-corrected chi connectivity index (χ3v) is 5.32. The van der Waals surface area contributed by atoms with Gasteiger partial charge in [-0.15, -0.1) is 0 Å². The number of alkyl halides is 1. The first-order valence-corrected chi connectivity index (χ1v) is 8.20. The Hall–Kier alpha value is 0.400. The van der Waals surface area contributed by atoms with Crippen molar-refractivity contribution in [1.29, 1.82) is 0 Å². The molecule has 3 heteroatoms. The Bertz CT molecular complexity index is 230. The monoisotopic (exact) mass is 304 g/mol. The summed E-state index contributed by atoms with van der Waals surface area (Å²) in [6.45, 7) is 4.97. The first kappa shape index (κ1) is 13.8. The van der Waals surface area contributed by atoms with Gasteiger partial charge < -0.3 is 9.47 Å². The first-order valence-electron chi connectivity index (χ1n) is 7.08. The maximum atomic E-state index is 5.98. The van der Waals surface area contributed by atoms with Gasteiger partial charge in [0.25, 0.3) is 0 Å². The molecule has 2 atom stereocenters. The second-order valence-corrected chi connectivity index (χ2v) is 6.15. The molecule has 0 amide bonds. The summed E-state index contributed by atoms with van der Waals surface area (Å²) >= 11 is 3.72. The summed E-state index contributed by atoms with van der Waals surface area (Å²) in [5.41, 5.74) is 0.355. The molecule has 0 aromatic heterocycles. The minimum absolute atomic E-state index is 0.355. The number of unbranched alkanes of at least 4 members (excludes halogenated alkanes) is 1. The van der Waals surface area contributed by atoms with Crippen LogP contribution in [0.25, 0.3) is 0 Å². The van der Waals surface area contributed by atoms with Gasteiger partial charge in [0.1, 0.15) is 0 Å². The minimum atomic E-state index is 0.355. The molecule has 0 aromatic carbocycles. The van der Waals surface area contributed by atoms with E-state index in [4.69, 9.17) is 9.47 Å². The van der Waals surface area contributed by atoms with Gasteiger partial charge in [-0.25, -0.2) is 0 Å². The van der Waals surface area contributed by atoms with Gasteiger partial charge in [-0.1, -0.05) is 29.3 Å². The number of rotatable bonds is 8. The van der Waals surface area contributed by atoms with Gasteiger partial charge in [0.15, 0.2) is 0 Å². The van der Waals surface area contributed by atoms with Crippen molar-refractivity contribution in [1.82, 2.24) is 0 Å². The van der Waals surface area contributed by atoms with Crippen molar-refractivity contribution in [3.05, 3.63) is 0 Å². The van der Waals surface area contributed by atoms with E-state index in [1.807, 2.05) is 0 Å². The highest BCUT2D eigenvalue weighted by Gasteiger charge is 2.49. The third-order valence-electron chi connectivity index (χ3n) is 4.20. The molecule has 2 nitrogen and oxygen atoms in total. The zero-order chi connectivity index (χ0) is 12.1. The Balaban J connectivity index is 1.77. The average molecular weight is 305 g/mol. The molecule has 0 bridgehead atoms. The van der Waals surface area contributed by atoms with Crippen LogP contribution >= 0.6 is 15.9 Å². The van der Waals surface area contributed by atoms with Gasteiger partial charge >= 0.3 is 0 Å². The van der Waals surface area contributed by atoms with Crippen LogP contribution in [0.4, 0.5) is 0 Å². The van der Waals surface area contributed by atoms with E-state index in [-0.39, 0.29) is 0 Å². The molecule has 1 aliphatic carbocycles.